The highest BCUT2D eigenvalue weighted by Crippen LogP contribution is 2.34. The maximum absolute atomic E-state index is 12.9. The molecule has 1 aromatic heterocycles. The van der Waals surface area contributed by atoms with Gasteiger partial charge in [0.1, 0.15) is 11.6 Å². The van der Waals surface area contributed by atoms with E-state index in [4.69, 9.17) is 0 Å². The summed E-state index contributed by atoms with van der Waals surface area (Å²) in [5.41, 5.74) is -0.389. The van der Waals surface area contributed by atoms with Gasteiger partial charge in [-0.1, -0.05) is 15.9 Å². The molecule has 25 heavy (non-hydrogen) atoms. The van der Waals surface area contributed by atoms with Crippen molar-refractivity contribution in [2.75, 3.05) is 5.32 Å². The lowest BCUT2D eigenvalue weighted by molar-refractivity contribution is 0.248. The molecule has 0 bridgehead atoms. The number of rotatable bonds is 3. The Morgan fingerprint density at radius 2 is 1.84 bits per heavy atom. The third-order valence-corrected chi connectivity index (χ3v) is 4.68. The number of carbonyl (C=O) groups is 1. The Bertz CT molecular complexity index is 979. The van der Waals surface area contributed by atoms with Crippen LogP contribution < -0.4 is 21.9 Å². The Morgan fingerprint density at radius 1 is 1.16 bits per heavy atom. The first-order valence-corrected chi connectivity index (χ1v) is 8.61. The summed E-state index contributed by atoms with van der Waals surface area (Å²) in [5, 5.41) is 15.4. The number of hydrogen-bond acceptors (Lipinski definition) is 4. The van der Waals surface area contributed by atoms with Crippen LogP contribution in [0.4, 0.5) is 10.6 Å². The minimum Gasteiger partial charge on any atom is -0.508 e. The molecule has 3 rings (SSSR count). The summed E-state index contributed by atoms with van der Waals surface area (Å²) < 4.78 is 3.15. The number of phenolic OH excluding ortho intramolecular Hbond substituents is 1. The first-order valence-electron chi connectivity index (χ1n) is 7.82. The van der Waals surface area contributed by atoms with Crippen LogP contribution in [-0.2, 0) is 13.1 Å². The summed E-state index contributed by atoms with van der Waals surface area (Å²) in [5.74, 6) is 0.105. The second kappa shape index (κ2) is 6.40. The average Bonchev–Trinajstić information content (AvgIpc) is 2.57. The number of phenols is 1. The predicted octanol–water partition coefficient (Wildman–Crippen LogP) is 1.74. The van der Waals surface area contributed by atoms with Gasteiger partial charge in [0.15, 0.2) is 0 Å². The number of urea groups is 1. The van der Waals surface area contributed by atoms with Crippen molar-refractivity contribution in [2.45, 2.75) is 33.0 Å². The first kappa shape index (κ1) is 17.3. The van der Waals surface area contributed by atoms with Gasteiger partial charge in [-0.25, -0.2) is 9.59 Å². The van der Waals surface area contributed by atoms with E-state index in [1.807, 2.05) is 0 Å². The monoisotopic (exact) mass is 408 g/mol. The van der Waals surface area contributed by atoms with Gasteiger partial charge in [-0.3, -0.25) is 19.2 Å². The van der Waals surface area contributed by atoms with E-state index in [1.54, 1.807) is 26.0 Å². The standard InChI is InChI=1S/C16H17BrN4O4/c1-3-20-13-11(14(23)21(4-2)16(20)25)12(18-15(24)19-13)9-7-8(17)5-6-10(9)22/h5-7,12,22H,3-4H2,1-2H3,(H2,18,19,24). The molecule has 1 aliphatic rings. The van der Waals surface area contributed by atoms with Crippen LogP contribution in [-0.4, -0.2) is 20.3 Å². The molecule has 2 amide bonds. The van der Waals surface area contributed by atoms with Crippen LogP contribution in [0.2, 0.25) is 0 Å². The molecule has 8 nitrogen and oxygen atoms in total. The highest BCUT2D eigenvalue weighted by Gasteiger charge is 2.33. The number of nitrogens with one attached hydrogen (secondary N) is 2. The van der Waals surface area contributed by atoms with Crippen molar-refractivity contribution in [2.24, 2.45) is 0 Å². The number of anilines is 1. The second-order valence-corrected chi connectivity index (χ2v) is 6.49. The Labute approximate surface area is 151 Å². The summed E-state index contributed by atoms with van der Waals surface area (Å²) >= 11 is 3.33. The summed E-state index contributed by atoms with van der Waals surface area (Å²) in [7, 11) is 0. The number of amides is 2. The molecule has 2 heterocycles. The Morgan fingerprint density at radius 3 is 2.48 bits per heavy atom. The van der Waals surface area contributed by atoms with Crippen molar-refractivity contribution in [3.05, 3.63) is 54.6 Å². The molecule has 132 valence electrons. The van der Waals surface area contributed by atoms with E-state index < -0.39 is 23.3 Å². The molecular weight excluding hydrogens is 392 g/mol. The van der Waals surface area contributed by atoms with Gasteiger partial charge in [-0.15, -0.1) is 0 Å². The number of aromatic nitrogens is 2. The van der Waals surface area contributed by atoms with Gasteiger partial charge in [-0.2, -0.15) is 0 Å². The molecule has 2 aromatic rings. The zero-order chi connectivity index (χ0) is 18.3. The third-order valence-electron chi connectivity index (χ3n) is 4.19. The fourth-order valence-corrected chi connectivity index (χ4v) is 3.40. The summed E-state index contributed by atoms with van der Waals surface area (Å²) in [4.78, 5) is 37.5. The fourth-order valence-electron chi connectivity index (χ4n) is 3.02. The SMILES string of the molecule is CCn1c2c(c(=O)n(CC)c1=O)C(c1cc(Br)ccc1O)NC(=O)N2. The molecule has 0 fully saturated rings. The van der Waals surface area contributed by atoms with Gasteiger partial charge in [0.2, 0.25) is 0 Å². The molecule has 1 unspecified atom stereocenters. The molecule has 0 saturated heterocycles. The van der Waals surface area contributed by atoms with E-state index in [0.717, 1.165) is 4.57 Å². The number of benzene rings is 1. The number of halogens is 1. The van der Waals surface area contributed by atoms with Crippen molar-refractivity contribution in [3.8, 4) is 5.75 Å². The minimum atomic E-state index is -0.870. The van der Waals surface area contributed by atoms with Crippen molar-refractivity contribution in [1.29, 1.82) is 0 Å². The number of aromatic hydroxyl groups is 1. The number of hydrogen-bond donors (Lipinski definition) is 3. The second-order valence-electron chi connectivity index (χ2n) is 5.57. The van der Waals surface area contributed by atoms with Gasteiger partial charge in [0, 0.05) is 23.1 Å². The predicted molar refractivity (Wildman–Crippen MR) is 96.1 cm³/mol. The first-order chi connectivity index (χ1) is 11.9. The minimum absolute atomic E-state index is 0.0574. The molecule has 1 aliphatic heterocycles. The molecule has 1 aromatic carbocycles. The number of carbonyl (C=O) groups excluding carboxylic acids is 1. The summed E-state index contributed by atoms with van der Waals surface area (Å²) in [6, 6.07) is 3.34. The van der Waals surface area contributed by atoms with Gasteiger partial charge >= 0.3 is 11.7 Å². The fraction of sp³-hybridized carbons (Fsp3) is 0.312. The molecule has 0 aliphatic carbocycles. The number of nitrogens with zero attached hydrogens (tertiary/aromatic N) is 2. The van der Waals surface area contributed by atoms with Crippen LogP contribution >= 0.6 is 15.9 Å². The lowest BCUT2D eigenvalue weighted by Crippen LogP contribution is -2.50. The van der Waals surface area contributed by atoms with Crippen molar-refractivity contribution >= 4 is 27.8 Å². The Kier molecular flexibility index (Phi) is 4.42. The lowest BCUT2D eigenvalue weighted by atomic mass is 9.97. The Hall–Kier alpha value is -2.55. The van der Waals surface area contributed by atoms with E-state index >= 15 is 0 Å². The van der Waals surface area contributed by atoms with E-state index in [0.29, 0.717) is 16.6 Å². The molecule has 0 saturated carbocycles. The smallest absolute Gasteiger partial charge is 0.332 e. The van der Waals surface area contributed by atoms with Crippen LogP contribution in [0.3, 0.4) is 0 Å². The Balaban J connectivity index is 2.38. The largest absolute Gasteiger partial charge is 0.508 e. The van der Waals surface area contributed by atoms with Gasteiger partial charge in [0.25, 0.3) is 5.56 Å². The van der Waals surface area contributed by atoms with Crippen molar-refractivity contribution in [3.63, 3.8) is 0 Å². The normalized spacial score (nSPS) is 16.1. The van der Waals surface area contributed by atoms with Crippen LogP contribution in [0.5, 0.6) is 5.75 Å². The quantitative estimate of drug-likeness (QED) is 0.718. The van der Waals surface area contributed by atoms with Crippen LogP contribution in [0.1, 0.15) is 31.0 Å². The molecule has 0 spiro atoms. The summed E-state index contributed by atoms with van der Waals surface area (Å²) in [6.45, 7) is 3.95. The van der Waals surface area contributed by atoms with E-state index in [-0.39, 0.29) is 23.7 Å². The molecule has 1 atom stereocenters. The maximum Gasteiger partial charge on any atom is 0.332 e. The summed E-state index contributed by atoms with van der Waals surface area (Å²) in [6.07, 6.45) is 0. The van der Waals surface area contributed by atoms with Crippen molar-refractivity contribution in [1.82, 2.24) is 14.5 Å². The zero-order valence-corrected chi connectivity index (χ0v) is 15.3. The van der Waals surface area contributed by atoms with E-state index in [9.17, 15) is 19.5 Å². The molecular formula is C16H17BrN4O4. The van der Waals surface area contributed by atoms with E-state index in [1.165, 1.54) is 10.6 Å². The molecule has 0 radical (unpaired) electrons. The lowest BCUT2D eigenvalue weighted by Gasteiger charge is -2.29. The van der Waals surface area contributed by atoms with Crippen LogP contribution in [0.15, 0.2) is 32.3 Å². The average molecular weight is 409 g/mol. The number of fused-ring (bicyclic) bond motifs is 1. The van der Waals surface area contributed by atoms with Crippen LogP contribution in [0.25, 0.3) is 0 Å². The van der Waals surface area contributed by atoms with Crippen LogP contribution in [0, 0.1) is 0 Å². The van der Waals surface area contributed by atoms with Crippen molar-refractivity contribution < 1.29 is 9.90 Å². The topological polar surface area (TPSA) is 105 Å². The van der Waals surface area contributed by atoms with E-state index in [2.05, 4.69) is 26.6 Å². The zero-order valence-electron chi connectivity index (χ0n) is 13.7. The highest BCUT2D eigenvalue weighted by atomic mass is 79.9. The van der Waals surface area contributed by atoms with Gasteiger partial charge in [-0.05, 0) is 32.0 Å². The maximum atomic E-state index is 12.9. The molecule has 3 N–H and O–H groups in total. The van der Waals surface area contributed by atoms with Gasteiger partial charge in [0.05, 0.1) is 11.6 Å². The van der Waals surface area contributed by atoms with Gasteiger partial charge < -0.3 is 10.4 Å². The molecule has 9 heteroatoms. The third kappa shape index (κ3) is 2.74. The highest BCUT2D eigenvalue weighted by molar-refractivity contribution is 9.10.